The summed E-state index contributed by atoms with van der Waals surface area (Å²) in [5.74, 6) is -0.181. The van der Waals surface area contributed by atoms with E-state index in [0.29, 0.717) is 26.1 Å². The minimum atomic E-state index is -0.421. The standard InChI is InChI=1S/C20H24FN3O2/c21-18-3-1-15(2-4-18)7-10-23-20(26)14-24-12-17(19(25)13-24)11-16-5-8-22-9-6-16/h1-6,8-9,17,19,25H,7,10-14H2,(H,23,26)/t17-,19+/m1/s1. The van der Waals surface area contributed by atoms with E-state index < -0.39 is 6.10 Å². The predicted molar refractivity (Wildman–Crippen MR) is 97.0 cm³/mol. The SMILES string of the molecule is O=C(CN1C[C@@H](Cc2ccncc2)[C@@H](O)C1)NCCc1ccc(F)cc1. The van der Waals surface area contributed by atoms with Crippen LogP contribution in [0.4, 0.5) is 4.39 Å². The van der Waals surface area contributed by atoms with E-state index in [1.807, 2.05) is 17.0 Å². The molecule has 1 amide bonds. The van der Waals surface area contributed by atoms with Crippen molar-refractivity contribution in [1.82, 2.24) is 15.2 Å². The number of aliphatic hydroxyl groups is 1. The van der Waals surface area contributed by atoms with Gasteiger partial charge in [0, 0.05) is 37.9 Å². The number of aliphatic hydroxyl groups excluding tert-OH is 1. The van der Waals surface area contributed by atoms with Crippen molar-refractivity contribution >= 4 is 5.91 Å². The number of aromatic nitrogens is 1. The van der Waals surface area contributed by atoms with Crippen LogP contribution < -0.4 is 5.32 Å². The molecular weight excluding hydrogens is 333 g/mol. The summed E-state index contributed by atoms with van der Waals surface area (Å²) in [5.41, 5.74) is 2.13. The average molecular weight is 357 g/mol. The van der Waals surface area contributed by atoms with E-state index in [-0.39, 0.29) is 24.2 Å². The van der Waals surface area contributed by atoms with Gasteiger partial charge in [-0.15, -0.1) is 0 Å². The monoisotopic (exact) mass is 357 g/mol. The van der Waals surface area contributed by atoms with Crippen molar-refractivity contribution in [1.29, 1.82) is 0 Å². The highest BCUT2D eigenvalue weighted by Gasteiger charge is 2.32. The van der Waals surface area contributed by atoms with Crippen LogP contribution in [0.25, 0.3) is 0 Å². The minimum absolute atomic E-state index is 0.0520. The summed E-state index contributed by atoms with van der Waals surface area (Å²) in [6.45, 7) is 2.02. The van der Waals surface area contributed by atoms with Crippen LogP contribution in [0.1, 0.15) is 11.1 Å². The van der Waals surface area contributed by atoms with Crippen LogP contribution in [0.2, 0.25) is 0 Å². The summed E-state index contributed by atoms with van der Waals surface area (Å²) >= 11 is 0. The fourth-order valence-corrected chi connectivity index (χ4v) is 3.35. The van der Waals surface area contributed by atoms with Gasteiger partial charge in [0.25, 0.3) is 0 Å². The third-order valence-corrected chi connectivity index (χ3v) is 4.75. The molecule has 0 radical (unpaired) electrons. The van der Waals surface area contributed by atoms with Crippen LogP contribution in [-0.2, 0) is 17.6 Å². The van der Waals surface area contributed by atoms with E-state index >= 15 is 0 Å². The van der Waals surface area contributed by atoms with Gasteiger partial charge in [0.1, 0.15) is 5.82 Å². The smallest absolute Gasteiger partial charge is 0.234 e. The fraction of sp³-hybridized carbons (Fsp3) is 0.400. The fourth-order valence-electron chi connectivity index (χ4n) is 3.35. The molecule has 2 heterocycles. The van der Waals surface area contributed by atoms with Gasteiger partial charge in [-0.1, -0.05) is 12.1 Å². The largest absolute Gasteiger partial charge is 0.391 e. The number of hydrogen-bond donors (Lipinski definition) is 2. The van der Waals surface area contributed by atoms with Gasteiger partial charge < -0.3 is 10.4 Å². The Balaban J connectivity index is 1.39. The first-order chi connectivity index (χ1) is 12.6. The molecule has 3 rings (SSSR count). The summed E-state index contributed by atoms with van der Waals surface area (Å²) in [7, 11) is 0. The molecule has 2 N–H and O–H groups in total. The first kappa shape index (κ1) is 18.5. The molecule has 2 atom stereocenters. The molecule has 26 heavy (non-hydrogen) atoms. The van der Waals surface area contributed by atoms with E-state index in [9.17, 15) is 14.3 Å². The molecule has 2 aromatic rings. The number of β-amino-alcohol motifs (C(OH)–C–C–N with tert-alkyl or cyclic N) is 1. The van der Waals surface area contributed by atoms with Gasteiger partial charge in [0.05, 0.1) is 12.6 Å². The zero-order valence-electron chi connectivity index (χ0n) is 14.6. The van der Waals surface area contributed by atoms with E-state index in [1.54, 1.807) is 24.5 Å². The highest BCUT2D eigenvalue weighted by molar-refractivity contribution is 5.78. The van der Waals surface area contributed by atoms with Gasteiger partial charge >= 0.3 is 0 Å². The molecule has 6 heteroatoms. The summed E-state index contributed by atoms with van der Waals surface area (Å²) < 4.78 is 12.9. The molecular formula is C20H24FN3O2. The second-order valence-corrected chi connectivity index (χ2v) is 6.81. The molecule has 0 aliphatic carbocycles. The maximum absolute atomic E-state index is 12.9. The van der Waals surface area contributed by atoms with Crippen LogP contribution in [0.15, 0.2) is 48.8 Å². The number of amides is 1. The number of halogens is 1. The molecule has 1 aliphatic rings. The van der Waals surface area contributed by atoms with Crippen molar-refractivity contribution in [3.8, 4) is 0 Å². The first-order valence-electron chi connectivity index (χ1n) is 8.90. The zero-order chi connectivity index (χ0) is 18.4. The molecule has 0 unspecified atom stereocenters. The Labute approximate surface area is 152 Å². The molecule has 138 valence electrons. The zero-order valence-corrected chi connectivity index (χ0v) is 14.6. The lowest BCUT2D eigenvalue weighted by atomic mass is 9.97. The molecule has 5 nitrogen and oxygen atoms in total. The summed E-state index contributed by atoms with van der Waals surface area (Å²) in [4.78, 5) is 18.1. The maximum atomic E-state index is 12.9. The number of rotatable bonds is 7. The minimum Gasteiger partial charge on any atom is -0.391 e. The molecule has 0 bridgehead atoms. The molecule has 1 aromatic heterocycles. The molecule has 0 spiro atoms. The summed E-state index contributed by atoms with van der Waals surface area (Å²) in [5, 5.41) is 13.1. The van der Waals surface area contributed by atoms with Crippen LogP contribution in [0.3, 0.4) is 0 Å². The Morgan fingerprint density at radius 1 is 1.15 bits per heavy atom. The molecule has 0 saturated carbocycles. The second-order valence-electron chi connectivity index (χ2n) is 6.81. The Morgan fingerprint density at radius 3 is 2.62 bits per heavy atom. The van der Waals surface area contributed by atoms with Crippen molar-refractivity contribution in [2.24, 2.45) is 5.92 Å². The van der Waals surface area contributed by atoms with Crippen LogP contribution in [0.5, 0.6) is 0 Å². The van der Waals surface area contributed by atoms with E-state index in [1.165, 1.54) is 12.1 Å². The lowest BCUT2D eigenvalue weighted by Gasteiger charge is -2.15. The highest BCUT2D eigenvalue weighted by Crippen LogP contribution is 2.21. The maximum Gasteiger partial charge on any atom is 0.234 e. The van der Waals surface area contributed by atoms with E-state index in [0.717, 1.165) is 17.5 Å². The molecule has 1 fully saturated rings. The second kappa shape index (κ2) is 8.87. The van der Waals surface area contributed by atoms with Gasteiger partial charge in [0.2, 0.25) is 5.91 Å². The van der Waals surface area contributed by atoms with Crippen molar-refractivity contribution in [2.45, 2.75) is 18.9 Å². The number of nitrogens with one attached hydrogen (secondary N) is 1. The Morgan fingerprint density at radius 2 is 1.88 bits per heavy atom. The Bertz CT molecular complexity index is 709. The average Bonchev–Trinajstić information content (AvgIpc) is 2.96. The van der Waals surface area contributed by atoms with Gasteiger partial charge in [0.15, 0.2) is 0 Å². The quantitative estimate of drug-likeness (QED) is 0.787. The number of carbonyl (C=O) groups excluding carboxylic acids is 1. The number of likely N-dealkylation sites (tertiary alicyclic amines) is 1. The van der Waals surface area contributed by atoms with Gasteiger partial charge in [-0.2, -0.15) is 0 Å². The lowest BCUT2D eigenvalue weighted by molar-refractivity contribution is -0.122. The molecule has 1 aliphatic heterocycles. The topological polar surface area (TPSA) is 65.5 Å². The third-order valence-electron chi connectivity index (χ3n) is 4.75. The van der Waals surface area contributed by atoms with Crippen molar-refractivity contribution in [3.63, 3.8) is 0 Å². The van der Waals surface area contributed by atoms with Crippen LogP contribution >= 0.6 is 0 Å². The molecule has 1 saturated heterocycles. The van der Waals surface area contributed by atoms with Gasteiger partial charge in [-0.3, -0.25) is 14.7 Å². The van der Waals surface area contributed by atoms with E-state index in [2.05, 4.69) is 10.3 Å². The number of carbonyl (C=O) groups is 1. The normalized spacial score (nSPS) is 20.2. The predicted octanol–water partition coefficient (Wildman–Crippen LogP) is 1.41. The summed E-state index contributed by atoms with van der Waals surface area (Å²) in [6, 6.07) is 10.2. The summed E-state index contributed by atoms with van der Waals surface area (Å²) in [6.07, 6.45) is 4.53. The number of hydrogen-bond acceptors (Lipinski definition) is 4. The number of benzene rings is 1. The van der Waals surface area contributed by atoms with Crippen molar-refractivity contribution in [3.05, 3.63) is 65.7 Å². The van der Waals surface area contributed by atoms with Gasteiger partial charge in [-0.25, -0.2) is 4.39 Å². The first-order valence-corrected chi connectivity index (χ1v) is 8.90. The third kappa shape index (κ3) is 5.34. The lowest BCUT2D eigenvalue weighted by Crippen LogP contribution is -2.37. The number of nitrogens with zero attached hydrogens (tertiary/aromatic N) is 2. The number of pyridine rings is 1. The van der Waals surface area contributed by atoms with E-state index in [4.69, 9.17) is 0 Å². The van der Waals surface area contributed by atoms with Crippen LogP contribution in [0, 0.1) is 11.7 Å². The van der Waals surface area contributed by atoms with Gasteiger partial charge in [-0.05, 0) is 48.2 Å². The van der Waals surface area contributed by atoms with Crippen LogP contribution in [-0.4, -0.2) is 53.2 Å². The Kier molecular flexibility index (Phi) is 6.30. The molecule has 1 aromatic carbocycles. The van der Waals surface area contributed by atoms with Crippen molar-refractivity contribution in [2.75, 3.05) is 26.2 Å². The highest BCUT2D eigenvalue weighted by atomic mass is 19.1. The Hall–Kier alpha value is -2.31. The van der Waals surface area contributed by atoms with Crippen molar-refractivity contribution < 1.29 is 14.3 Å².